The fourth-order valence-electron chi connectivity index (χ4n) is 6.46. The van der Waals surface area contributed by atoms with Crippen molar-refractivity contribution < 1.29 is 0 Å². The van der Waals surface area contributed by atoms with Crippen LogP contribution in [0.3, 0.4) is 0 Å². The van der Waals surface area contributed by atoms with Gasteiger partial charge in [0.25, 0.3) is 0 Å². The van der Waals surface area contributed by atoms with E-state index in [2.05, 4.69) is 135 Å². The van der Waals surface area contributed by atoms with Gasteiger partial charge in [-0.25, -0.2) is 4.98 Å². The molecule has 0 aliphatic heterocycles. The van der Waals surface area contributed by atoms with Gasteiger partial charge in [0, 0.05) is 32.6 Å². The van der Waals surface area contributed by atoms with Crippen LogP contribution in [0.4, 0.5) is 0 Å². The standard InChI is InChI=1S/C35H21N3S/c1-2-9-23(10-3-1)37-29-14-6-4-11-24(29)26-19-17-22-18-20-27-25-12-5-7-15-30(25)38(34(27)32(22)33(26)37)31-16-8-13-28-35(31)39-21-36-28/h1-21H. The van der Waals surface area contributed by atoms with Crippen LogP contribution in [0.1, 0.15) is 0 Å². The highest BCUT2D eigenvalue weighted by molar-refractivity contribution is 7.17. The molecule has 182 valence electrons. The van der Waals surface area contributed by atoms with E-state index in [0.717, 1.165) is 5.52 Å². The molecule has 9 aromatic rings. The zero-order chi connectivity index (χ0) is 25.5. The van der Waals surface area contributed by atoms with Gasteiger partial charge in [0.2, 0.25) is 0 Å². The number of rotatable bonds is 2. The van der Waals surface area contributed by atoms with E-state index >= 15 is 0 Å². The summed E-state index contributed by atoms with van der Waals surface area (Å²) >= 11 is 1.70. The lowest BCUT2D eigenvalue weighted by molar-refractivity contribution is 1.18. The number of fused-ring (bicyclic) bond motifs is 10. The van der Waals surface area contributed by atoms with Crippen molar-refractivity contribution in [1.29, 1.82) is 0 Å². The van der Waals surface area contributed by atoms with E-state index in [0.29, 0.717) is 0 Å². The molecule has 0 fully saturated rings. The summed E-state index contributed by atoms with van der Waals surface area (Å²) in [5.41, 5.74) is 10.2. The lowest BCUT2D eigenvalue weighted by Crippen LogP contribution is -1.97. The summed E-state index contributed by atoms with van der Waals surface area (Å²) in [5.74, 6) is 0. The molecule has 6 aromatic carbocycles. The third-order valence-electron chi connectivity index (χ3n) is 8.04. The summed E-state index contributed by atoms with van der Waals surface area (Å²) in [7, 11) is 0. The molecule has 0 saturated carbocycles. The Labute approximate surface area is 227 Å². The average Bonchev–Trinajstić information content (AvgIpc) is 3.70. The molecule has 9 rings (SSSR count). The molecule has 39 heavy (non-hydrogen) atoms. The number of nitrogens with zero attached hydrogens (tertiary/aromatic N) is 3. The van der Waals surface area contributed by atoms with Crippen LogP contribution in [-0.2, 0) is 0 Å². The summed E-state index contributed by atoms with van der Waals surface area (Å²) < 4.78 is 6.12. The second-order valence-electron chi connectivity index (χ2n) is 10.0. The molecule has 4 heteroatoms. The normalized spacial score (nSPS) is 12.1. The van der Waals surface area contributed by atoms with Gasteiger partial charge >= 0.3 is 0 Å². The first-order chi connectivity index (χ1) is 19.4. The fourth-order valence-corrected chi connectivity index (χ4v) is 7.25. The summed E-state index contributed by atoms with van der Waals surface area (Å²) in [6.45, 7) is 0. The van der Waals surface area contributed by atoms with Gasteiger partial charge in [0.15, 0.2) is 0 Å². The lowest BCUT2D eigenvalue weighted by atomic mass is 10.0. The highest BCUT2D eigenvalue weighted by Crippen LogP contribution is 2.43. The van der Waals surface area contributed by atoms with E-state index in [9.17, 15) is 0 Å². The maximum atomic E-state index is 4.65. The van der Waals surface area contributed by atoms with Gasteiger partial charge in [0.1, 0.15) is 0 Å². The molecule has 0 atom stereocenters. The smallest absolute Gasteiger partial charge is 0.0833 e. The van der Waals surface area contributed by atoms with Gasteiger partial charge in [-0.2, -0.15) is 0 Å². The zero-order valence-corrected chi connectivity index (χ0v) is 21.7. The van der Waals surface area contributed by atoms with Gasteiger partial charge < -0.3 is 9.13 Å². The lowest BCUT2D eigenvalue weighted by Gasteiger charge is -2.14. The number of hydrogen-bond donors (Lipinski definition) is 0. The quantitative estimate of drug-likeness (QED) is 0.225. The first-order valence-corrected chi connectivity index (χ1v) is 14.0. The van der Waals surface area contributed by atoms with Crippen LogP contribution in [0.5, 0.6) is 0 Å². The molecule has 0 bridgehead atoms. The van der Waals surface area contributed by atoms with E-state index < -0.39 is 0 Å². The van der Waals surface area contributed by atoms with E-state index in [1.54, 1.807) is 11.3 Å². The molecule has 0 aliphatic rings. The number of aromatic nitrogens is 3. The van der Waals surface area contributed by atoms with E-state index in [1.165, 1.54) is 70.5 Å². The van der Waals surface area contributed by atoms with Crippen LogP contribution in [0.25, 0.3) is 76.0 Å². The average molecular weight is 516 g/mol. The third kappa shape index (κ3) is 2.78. The van der Waals surface area contributed by atoms with Crippen LogP contribution in [0, 0.1) is 0 Å². The van der Waals surface area contributed by atoms with Gasteiger partial charge in [0.05, 0.1) is 43.5 Å². The predicted octanol–water partition coefficient (Wildman–Crippen LogP) is 9.64. The Kier molecular flexibility index (Phi) is 4.21. The Hall–Kier alpha value is -4.93. The van der Waals surface area contributed by atoms with Crippen LogP contribution in [0.2, 0.25) is 0 Å². The van der Waals surface area contributed by atoms with Crippen molar-refractivity contribution in [3.63, 3.8) is 0 Å². The molecule has 0 N–H and O–H groups in total. The molecular formula is C35H21N3S. The van der Waals surface area contributed by atoms with Crippen LogP contribution < -0.4 is 0 Å². The molecule has 0 unspecified atom stereocenters. The van der Waals surface area contributed by atoms with Gasteiger partial charge in [-0.15, -0.1) is 11.3 Å². The van der Waals surface area contributed by atoms with Crippen molar-refractivity contribution in [2.75, 3.05) is 0 Å². The van der Waals surface area contributed by atoms with Gasteiger partial charge in [-0.1, -0.05) is 84.9 Å². The number of para-hydroxylation sites is 3. The number of benzene rings is 6. The molecule has 0 spiro atoms. The van der Waals surface area contributed by atoms with Crippen molar-refractivity contribution in [3.8, 4) is 11.4 Å². The summed E-state index contributed by atoms with van der Waals surface area (Å²) in [5, 5.41) is 7.55. The molecule has 0 saturated heterocycles. The minimum Gasteiger partial charge on any atom is -0.309 e. The highest BCUT2D eigenvalue weighted by Gasteiger charge is 2.21. The van der Waals surface area contributed by atoms with Crippen LogP contribution in [0.15, 0.2) is 127 Å². The molecule has 3 heterocycles. The second-order valence-corrected chi connectivity index (χ2v) is 10.9. The Balaban J connectivity index is 1.61. The van der Waals surface area contributed by atoms with Crippen LogP contribution in [-0.4, -0.2) is 14.1 Å². The van der Waals surface area contributed by atoms with Crippen molar-refractivity contribution in [1.82, 2.24) is 14.1 Å². The van der Waals surface area contributed by atoms with Crippen molar-refractivity contribution in [2.24, 2.45) is 0 Å². The maximum absolute atomic E-state index is 4.65. The Morgan fingerprint density at radius 1 is 0.513 bits per heavy atom. The second kappa shape index (κ2) is 7.79. The molecule has 0 aliphatic carbocycles. The van der Waals surface area contributed by atoms with Crippen LogP contribution >= 0.6 is 11.3 Å². The largest absolute Gasteiger partial charge is 0.309 e. The van der Waals surface area contributed by atoms with E-state index in [1.807, 2.05) is 5.51 Å². The summed E-state index contributed by atoms with van der Waals surface area (Å²) in [4.78, 5) is 4.65. The van der Waals surface area contributed by atoms with Gasteiger partial charge in [-0.3, -0.25) is 0 Å². The molecular weight excluding hydrogens is 494 g/mol. The van der Waals surface area contributed by atoms with Crippen molar-refractivity contribution in [3.05, 3.63) is 127 Å². The highest BCUT2D eigenvalue weighted by atomic mass is 32.1. The Bertz CT molecular complexity index is 2380. The predicted molar refractivity (Wildman–Crippen MR) is 166 cm³/mol. The number of hydrogen-bond acceptors (Lipinski definition) is 2. The van der Waals surface area contributed by atoms with Crippen molar-refractivity contribution in [2.45, 2.75) is 0 Å². The first kappa shape index (κ1) is 21.1. The van der Waals surface area contributed by atoms with E-state index in [4.69, 9.17) is 0 Å². The van der Waals surface area contributed by atoms with E-state index in [-0.39, 0.29) is 0 Å². The minimum absolute atomic E-state index is 1.03. The zero-order valence-electron chi connectivity index (χ0n) is 20.9. The summed E-state index contributed by atoms with van der Waals surface area (Å²) in [6, 6.07) is 43.9. The minimum atomic E-state index is 1.03. The fraction of sp³-hybridized carbons (Fsp3) is 0. The SMILES string of the molecule is c1ccc(-n2c3ccccc3c3ccc4ccc5c6ccccc6n(-c6cccc7ncsc67)c5c4c32)cc1. The Morgan fingerprint density at radius 3 is 1.90 bits per heavy atom. The van der Waals surface area contributed by atoms with Gasteiger partial charge in [-0.05, 0) is 41.8 Å². The molecule has 0 radical (unpaired) electrons. The first-order valence-electron chi connectivity index (χ1n) is 13.1. The number of thiazole rings is 1. The maximum Gasteiger partial charge on any atom is 0.0833 e. The Morgan fingerprint density at radius 2 is 1.15 bits per heavy atom. The monoisotopic (exact) mass is 515 g/mol. The molecule has 0 amide bonds. The van der Waals surface area contributed by atoms with Crippen molar-refractivity contribution >= 4 is 75.9 Å². The molecule has 3 nitrogen and oxygen atoms in total. The topological polar surface area (TPSA) is 22.8 Å². The summed E-state index contributed by atoms with van der Waals surface area (Å²) in [6.07, 6.45) is 0. The molecule has 3 aromatic heterocycles. The third-order valence-corrected chi connectivity index (χ3v) is 8.91.